The third kappa shape index (κ3) is 4.44. The highest BCUT2D eigenvalue weighted by Crippen LogP contribution is 2.22. The Balaban J connectivity index is 0.00000208. The fourth-order valence-corrected chi connectivity index (χ4v) is 2.54. The summed E-state index contributed by atoms with van der Waals surface area (Å²) in [6.45, 7) is 1.63. The highest BCUT2D eigenvalue weighted by molar-refractivity contribution is 6.03. The lowest BCUT2D eigenvalue weighted by atomic mass is 10.1. The van der Waals surface area contributed by atoms with Crippen molar-refractivity contribution in [3.63, 3.8) is 0 Å². The molecule has 1 saturated heterocycles. The van der Waals surface area contributed by atoms with Gasteiger partial charge in [-0.05, 0) is 11.5 Å². The Morgan fingerprint density at radius 3 is 2.75 bits per heavy atom. The summed E-state index contributed by atoms with van der Waals surface area (Å²) in [5.41, 5.74) is 0.734. The Labute approximate surface area is 146 Å². The van der Waals surface area contributed by atoms with Crippen molar-refractivity contribution in [3.8, 4) is 0 Å². The summed E-state index contributed by atoms with van der Waals surface area (Å²) in [5.74, 6) is -0.538. The van der Waals surface area contributed by atoms with Gasteiger partial charge in [0.05, 0.1) is 13.2 Å². The van der Waals surface area contributed by atoms with Gasteiger partial charge in [-0.3, -0.25) is 9.59 Å². The van der Waals surface area contributed by atoms with Gasteiger partial charge in [-0.25, -0.2) is 0 Å². The van der Waals surface area contributed by atoms with Crippen LogP contribution in [0.15, 0.2) is 42.5 Å². The highest BCUT2D eigenvalue weighted by atomic mass is 35.5. The molecule has 0 spiro atoms. The van der Waals surface area contributed by atoms with Crippen molar-refractivity contribution < 1.29 is 14.3 Å². The Morgan fingerprint density at radius 2 is 1.96 bits per heavy atom. The molecule has 128 valence electrons. The number of morpholine rings is 1. The van der Waals surface area contributed by atoms with E-state index in [4.69, 9.17) is 4.74 Å². The number of rotatable bonds is 4. The molecule has 2 aromatic rings. The van der Waals surface area contributed by atoms with Crippen LogP contribution < -0.4 is 16.0 Å². The van der Waals surface area contributed by atoms with Gasteiger partial charge in [-0.15, -0.1) is 12.4 Å². The lowest BCUT2D eigenvalue weighted by molar-refractivity contribution is -0.135. The van der Waals surface area contributed by atoms with Crippen LogP contribution in [0.2, 0.25) is 0 Å². The zero-order valence-electron chi connectivity index (χ0n) is 13.1. The van der Waals surface area contributed by atoms with Gasteiger partial charge in [0.15, 0.2) is 0 Å². The number of benzene rings is 2. The van der Waals surface area contributed by atoms with Gasteiger partial charge in [-0.1, -0.05) is 36.4 Å². The van der Waals surface area contributed by atoms with E-state index in [0.29, 0.717) is 13.2 Å². The number of halogens is 1. The summed E-state index contributed by atoms with van der Waals surface area (Å²) in [5, 5.41) is 10.5. The minimum absolute atomic E-state index is 0. The maximum atomic E-state index is 12.1. The van der Waals surface area contributed by atoms with Gasteiger partial charge in [-0.2, -0.15) is 0 Å². The fraction of sp³-hybridized carbons (Fsp3) is 0.294. The Bertz CT molecular complexity index is 712. The predicted molar refractivity (Wildman–Crippen MR) is 95.4 cm³/mol. The van der Waals surface area contributed by atoms with E-state index >= 15 is 0 Å². The van der Waals surface area contributed by atoms with Crippen molar-refractivity contribution in [2.75, 3.05) is 31.6 Å². The third-order valence-electron chi connectivity index (χ3n) is 3.71. The monoisotopic (exact) mass is 349 g/mol. The number of carbonyl (C=O) groups excluding carboxylic acids is 2. The number of fused-ring (bicyclic) bond motifs is 1. The molecule has 1 aliphatic rings. The number of anilines is 1. The second-order valence-electron chi connectivity index (χ2n) is 5.36. The van der Waals surface area contributed by atoms with Crippen LogP contribution >= 0.6 is 12.4 Å². The average Bonchev–Trinajstić information content (AvgIpc) is 2.61. The number of hydrogen-bond donors (Lipinski definition) is 3. The fourth-order valence-electron chi connectivity index (χ4n) is 2.54. The molecule has 1 unspecified atom stereocenters. The Morgan fingerprint density at radius 1 is 1.17 bits per heavy atom. The van der Waals surface area contributed by atoms with Crippen molar-refractivity contribution in [2.45, 2.75) is 6.10 Å². The molecule has 1 aliphatic heterocycles. The molecular formula is C17H20ClN3O3. The summed E-state index contributed by atoms with van der Waals surface area (Å²) in [6.07, 6.45) is -0.533. The maximum Gasteiger partial charge on any atom is 0.250 e. The lowest BCUT2D eigenvalue weighted by Gasteiger charge is -2.22. The molecule has 1 heterocycles. The van der Waals surface area contributed by atoms with E-state index in [2.05, 4.69) is 16.0 Å². The Hall–Kier alpha value is -2.15. The van der Waals surface area contributed by atoms with Gasteiger partial charge in [0, 0.05) is 24.2 Å². The van der Waals surface area contributed by atoms with Crippen LogP contribution in [0.5, 0.6) is 0 Å². The SMILES string of the molecule is Cl.O=C(CNC(=O)C1CNCCO1)Nc1cccc2ccccc12. The molecule has 24 heavy (non-hydrogen) atoms. The summed E-state index contributed by atoms with van der Waals surface area (Å²) in [7, 11) is 0. The number of amides is 2. The quantitative estimate of drug-likeness (QED) is 0.777. The summed E-state index contributed by atoms with van der Waals surface area (Å²) in [4.78, 5) is 24.0. The zero-order chi connectivity index (χ0) is 16.1. The third-order valence-corrected chi connectivity index (χ3v) is 3.71. The Kier molecular flexibility index (Phi) is 6.54. The molecule has 2 aromatic carbocycles. The molecule has 7 heteroatoms. The molecular weight excluding hydrogens is 330 g/mol. The van der Waals surface area contributed by atoms with Gasteiger partial charge in [0.1, 0.15) is 6.10 Å². The summed E-state index contributed by atoms with van der Waals surface area (Å²) >= 11 is 0. The second kappa shape index (κ2) is 8.63. The van der Waals surface area contributed by atoms with Crippen LogP contribution in [-0.2, 0) is 14.3 Å². The van der Waals surface area contributed by atoms with Gasteiger partial charge in [0.2, 0.25) is 5.91 Å². The minimum Gasteiger partial charge on any atom is -0.366 e. The average molecular weight is 350 g/mol. The molecule has 0 radical (unpaired) electrons. The van der Waals surface area contributed by atoms with Gasteiger partial charge >= 0.3 is 0 Å². The zero-order valence-corrected chi connectivity index (χ0v) is 13.9. The van der Waals surface area contributed by atoms with E-state index in [0.717, 1.165) is 23.0 Å². The molecule has 2 amide bonds. The van der Waals surface area contributed by atoms with Crippen LogP contribution in [0.4, 0.5) is 5.69 Å². The molecule has 1 fully saturated rings. The molecule has 3 N–H and O–H groups in total. The molecule has 0 bridgehead atoms. The molecule has 0 aliphatic carbocycles. The highest BCUT2D eigenvalue weighted by Gasteiger charge is 2.21. The first-order valence-corrected chi connectivity index (χ1v) is 7.62. The van der Waals surface area contributed by atoms with Crippen molar-refractivity contribution in [1.82, 2.24) is 10.6 Å². The standard InChI is InChI=1S/C17H19N3O3.ClH/c21-16(11-19-17(22)15-10-18-8-9-23-15)20-14-7-3-5-12-4-1-2-6-13(12)14;/h1-7,15,18H,8-11H2,(H,19,22)(H,20,21);1H. The number of hydrogen-bond acceptors (Lipinski definition) is 4. The van der Waals surface area contributed by atoms with Crippen molar-refractivity contribution in [3.05, 3.63) is 42.5 Å². The summed E-state index contributed by atoms with van der Waals surface area (Å²) < 4.78 is 5.34. The maximum absolute atomic E-state index is 12.1. The van der Waals surface area contributed by atoms with Crippen LogP contribution in [0.1, 0.15) is 0 Å². The number of carbonyl (C=O) groups is 2. The molecule has 0 aromatic heterocycles. The second-order valence-corrected chi connectivity index (χ2v) is 5.36. The van der Waals surface area contributed by atoms with E-state index in [1.807, 2.05) is 42.5 Å². The normalized spacial score (nSPS) is 16.9. The van der Waals surface area contributed by atoms with Gasteiger partial charge in [0.25, 0.3) is 5.91 Å². The topological polar surface area (TPSA) is 79.5 Å². The first-order chi connectivity index (χ1) is 11.2. The van der Waals surface area contributed by atoms with Crippen molar-refractivity contribution in [2.24, 2.45) is 0 Å². The van der Waals surface area contributed by atoms with Crippen LogP contribution in [0.3, 0.4) is 0 Å². The number of ether oxygens (including phenoxy) is 1. The van der Waals surface area contributed by atoms with Gasteiger partial charge < -0.3 is 20.7 Å². The van der Waals surface area contributed by atoms with Crippen LogP contribution in [0.25, 0.3) is 10.8 Å². The summed E-state index contributed by atoms with van der Waals surface area (Å²) in [6, 6.07) is 13.5. The van der Waals surface area contributed by atoms with E-state index in [9.17, 15) is 9.59 Å². The smallest absolute Gasteiger partial charge is 0.250 e. The lowest BCUT2D eigenvalue weighted by Crippen LogP contribution is -2.49. The van der Waals surface area contributed by atoms with Crippen LogP contribution in [0, 0.1) is 0 Å². The molecule has 1 atom stereocenters. The molecule has 3 rings (SSSR count). The van der Waals surface area contributed by atoms with E-state index in [1.165, 1.54) is 0 Å². The number of nitrogens with one attached hydrogen (secondary N) is 3. The molecule has 6 nitrogen and oxygen atoms in total. The minimum atomic E-state index is -0.533. The molecule has 0 saturated carbocycles. The van der Waals surface area contributed by atoms with E-state index < -0.39 is 6.10 Å². The predicted octanol–water partition coefficient (Wildman–Crippen LogP) is 1.30. The van der Waals surface area contributed by atoms with E-state index in [-0.39, 0.29) is 30.8 Å². The first-order valence-electron chi connectivity index (χ1n) is 7.62. The first kappa shape index (κ1) is 18.2. The largest absolute Gasteiger partial charge is 0.366 e. The van der Waals surface area contributed by atoms with E-state index in [1.54, 1.807) is 0 Å². The van der Waals surface area contributed by atoms with Crippen LogP contribution in [-0.4, -0.2) is 44.2 Å². The van der Waals surface area contributed by atoms with Crippen molar-refractivity contribution in [1.29, 1.82) is 0 Å². The van der Waals surface area contributed by atoms with Crippen molar-refractivity contribution >= 4 is 40.7 Å².